The Morgan fingerprint density at radius 3 is 2.34 bits per heavy atom. The highest BCUT2D eigenvalue weighted by Gasteiger charge is 2.32. The van der Waals surface area contributed by atoms with Crippen molar-refractivity contribution < 1.29 is 9.84 Å². The van der Waals surface area contributed by atoms with Crippen LogP contribution in [-0.2, 0) is 0 Å². The van der Waals surface area contributed by atoms with E-state index in [4.69, 9.17) is 39.5 Å². The van der Waals surface area contributed by atoms with Crippen molar-refractivity contribution in [2.75, 3.05) is 26.2 Å². The van der Waals surface area contributed by atoms with Crippen molar-refractivity contribution in [2.24, 2.45) is 4.99 Å². The van der Waals surface area contributed by atoms with Crippen molar-refractivity contribution in [3.05, 3.63) is 56.5 Å². The molecule has 5 nitrogen and oxygen atoms in total. The van der Waals surface area contributed by atoms with Crippen LogP contribution >= 0.6 is 59.6 Å². The second-order valence-electron chi connectivity index (χ2n) is 7.62. The number of aliphatic imine (C=N–C) groups is 1. The van der Waals surface area contributed by atoms with Crippen LogP contribution in [0.15, 0.2) is 35.3 Å². The van der Waals surface area contributed by atoms with Crippen LogP contribution < -0.4 is 10.1 Å². The zero-order valence-electron chi connectivity index (χ0n) is 17.3. The minimum absolute atomic E-state index is 0. The molecule has 0 spiro atoms. The molecule has 1 saturated heterocycles. The zero-order valence-corrected chi connectivity index (χ0v) is 21.2. The number of benzene rings is 2. The molecule has 0 aliphatic carbocycles. The number of piperidine rings is 1. The topological polar surface area (TPSA) is 57.1 Å². The van der Waals surface area contributed by atoms with Crippen molar-refractivity contribution >= 4 is 66.0 Å². The highest BCUT2D eigenvalue weighted by molar-refractivity contribution is 6.36. The van der Waals surface area contributed by atoms with Crippen molar-refractivity contribution in [3.63, 3.8) is 0 Å². The van der Waals surface area contributed by atoms with Crippen molar-refractivity contribution in [1.29, 1.82) is 0 Å². The fourth-order valence-corrected chi connectivity index (χ4v) is 5.06. The van der Waals surface area contributed by atoms with Crippen LogP contribution in [0.2, 0.25) is 15.1 Å². The van der Waals surface area contributed by atoms with E-state index in [2.05, 4.69) is 15.2 Å². The van der Waals surface area contributed by atoms with Gasteiger partial charge in [-0.3, -0.25) is 9.89 Å². The van der Waals surface area contributed by atoms with Gasteiger partial charge in [0.1, 0.15) is 24.1 Å². The van der Waals surface area contributed by atoms with Gasteiger partial charge in [-0.2, -0.15) is 0 Å². The zero-order chi connectivity index (χ0) is 21.1. The van der Waals surface area contributed by atoms with E-state index in [1.165, 1.54) is 31.4 Å². The molecule has 2 aliphatic rings. The van der Waals surface area contributed by atoms with Crippen molar-refractivity contribution in [3.8, 4) is 11.5 Å². The van der Waals surface area contributed by atoms with Gasteiger partial charge in [0, 0.05) is 17.1 Å². The highest BCUT2D eigenvalue weighted by Crippen LogP contribution is 2.44. The van der Waals surface area contributed by atoms with Gasteiger partial charge in [-0.05, 0) is 55.8 Å². The van der Waals surface area contributed by atoms with Crippen LogP contribution in [0.3, 0.4) is 0 Å². The Morgan fingerprint density at radius 2 is 1.69 bits per heavy atom. The van der Waals surface area contributed by atoms with Crippen LogP contribution in [0.5, 0.6) is 11.5 Å². The van der Waals surface area contributed by atoms with E-state index >= 15 is 0 Å². The largest absolute Gasteiger partial charge is 0.508 e. The number of nitrogens with zero attached hydrogens (tertiary/aromatic N) is 2. The molecule has 2 aromatic carbocycles. The number of hydrogen-bond acceptors (Lipinski definition) is 5. The van der Waals surface area contributed by atoms with Gasteiger partial charge in [0.2, 0.25) is 0 Å². The first-order valence-electron chi connectivity index (χ1n) is 10.1. The summed E-state index contributed by atoms with van der Waals surface area (Å²) >= 11 is 19.3. The van der Waals surface area contributed by atoms with Gasteiger partial charge in [0.05, 0.1) is 22.4 Å². The maximum absolute atomic E-state index is 9.71. The summed E-state index contributed by atoms with van der Waals surface area (Å²) in [4.78, 5) is 6.97. The summed E-state index contributed by atoms with van der Waals surface area (Å²) in [5.74, 6) is 0.765. The lowest BCUT2D eigenvalue weighted by atomic mass is 9.94. The molecule has 0 aromatic heterocycles. The summed E-state index contributed by atoms with van der Waals surface area (Å²) in [6.45, 7) is 3.87. The molecule has 1 fully saturated rings. The van der Waals surface area contributed by atoms with Crippen LogP contribution in [0.25, 0.3) is 0 Å². The number of rotatable bonds is 6. The molecule has 10 heteroatoms. The standard InChI is InChI=1S/C22H24Cl3N3O2.2ClH/c23-17-12-15(30-9-8-28-6-2-1-3-7-28)4-5-16(17)21-22(27-13-26-21)20-18(24)10-14(29)11-19(20)25;;/h4-5,10-13,21-22,29H,1-3,6-9H2,(H,26,27);2*1H/t21-,22+;;/m1../s1. The Morgan fingerprint density at radius 1 is 1.00 bits per heavy atom. The molecular formula is C22H26Cl5N3O2. The van der Waals surface area contributed by atoms with Gasteiger partial charge in [-0.25, -0.2) is 0 Å². The average molecular weight is 542 g/mol. The van der Waals surface area contributed by atoms with Gasteiger partial charge in [0.15, 0.2) is 0 Å². The van der Waals surface area contributed by atoms with Crippen molar-refractivity contribution in [2.45, 2.75) is 31.3 Å². The number of phenolic OH excluding ortho intramolecular Hbond substituents is 1. The summed E-state index contributed by atoms with van der Waals surface area (Å²) < 4.78 is 5.92. The fourth-order valence-electron chi connectivity index (χ4n) is 4.06. The number of halogens is 5. The Bertz CT molecular complexity index is 915. The van der Waals surface area contributed by atoms with Crippen molar-refractivity contribution in [1.82, 2.24) is 10.2 Å². The number of likely N-dealkylation sites (tertiary alicyclic amines) is 1. The quantitative estimate of drug-likeness (QED) is 0.440. The number of phenols is 1. The molecule has 0 bridgehead atoms. The molecular weight excluding hydrogens is 516 g/mol. The van der Waals surface area contributed by atoms with Gasteiger partial charge in [-0.15, -0.1) is 24.8 Å². The van der Waals surface area contributed by atoms with Crippen LogP contribution in [0, 0.1) is 0 Å². The van der Waals surface area contributed by atoms with E-state index in [1.807, 2.05) is 18.2 Å². The molecule has 2 heterocycles. The van der Waals surface area contributed by atoms with Crippen LogP contribution in [0.4, 0.5) is 0 Å². The SMILES string of the molecule is Cl.Cl.Oc1cc(Cl)c([C@@H]2NC=N[C@@H]2c2ccc(OCCN3CCCCC3)cc2Cl)c(Cl)c1. The second-order valence-corrected chi connectivity index (χ2v) is 8.85. The van der Waals surface area contributed by atoms with Gasteiger partial charge in [-0.1, -0.05) is 47.3 Å². The van der Waals surface area contributed by atoms with E-state index < -0.39 is 0 Å². The molecule has 2 atom stereocenters. The summed E-state index contributed by atoms with van der Waals surface area (Å²) in [6, 6.07) is 8.05. The molecule has 0 radical (unpaired) electrons. The van der Waals surface area contributed by atoms with Crippen LogP contribution in [-0.4, -0.2) is 42.6 Å². The molecule has 176 valence electrons. The molecule has 2 aliphatic heterocycles. The van der Waals surface area contributed by atoms with Gasteiger partial charge < -0.3 is 15.2 Å². The van der Waals surface area contributed by atoms with E-state index in [0.29, 0.717) is 27.2 Å². The summed E-state index contributed by atoms with van der Waals surface area (Å²) in [7, 11) is 0. The van der Waals surface area contributed by atoms with E-state index in [0.717, 1.165) is 30.9 Å². The third-order valence-corrected chi connectivity index (χ3v) is 6.55. The number of aromatic hydroxyl groups is 1. The first-order chi connectivity index (χ1) is 14.5. The lowest BCUT2D eigenvalue weighted by molar-refractivity contribution is 0.183. The summed E-state index contributed by atoms with van der Waals surface area (Å²) in [5, 5.41) is 14.2. The smallest absolute Gasteiger partial charge is 0.120 e. The van der Waals surface area contributed by atoms with Gasteiger partial charge in [0.25, 0.3) is 0 Å². The molecule has 2 N–H and O–H groups in total. The number of hydrogen-bond donors (Lipinski definition) is 2. The summed E-state index contributed by atoms with van der Waals surface area (Å²) in [5.41, 5.74) is 1.53. The third kappa shape index (κ3) is 6.28. The van der Waals surface area contributed by atoms with Crippen LogP contribution in [0.1, 0.15) is 42.5 Å². The molecule has 32 heavy (non-hydrogen) atoms. The molecule has 4 rings (SSSR count). The maximum atomic E-state index is 9.71. The second kappa shape index (κ2) is 12.4. The Kier molecular flexibility index (Phi) is 10.5. The minimum atomic E-state index is -0.292. The predicted octanol–water partition coefficient (Wildman–Crippen LogP) is 6.47. The van der Waals surface area contributed by atoms with E-state index in [-0.39, 0.29) is 42.6 Å². The third-order valence-electron chi connectivity index (χ3n) is 5.60. The molecule has 0 amide bonds. The maximum Gasteiger partial charge on any atom is 0.120 e. The number of ether oxygens (including phenoxy) is 1. The first-order valence-corrected chi connectivity index (χ1v) is 11.3. The minimum Gasteiger partial charge on any atom is -0.508 e. The average Bonchev–Trinajstić information content (AvgIpc) is 3.17. The Labute approximate surface area is 215 Å². The first kappa shape index (κ1) is 27.2. The summed E-state index contributed by atoms with van der Waals surface area (Å²) in [6.07, 6.45) is 5.50. The number of nitrogens with one attached hydrogen (secondary N) is 1. The molecule has 0 unspecified atom stereocenters. The monoisotopic (exact) mass is 539 g/mol. The fraction of sp³-hybridized carbons (Fsp3) is 0.409. The lowest BCUT2D eigenvalue weighted by Crippen LogP contribution is -2.33. The highest BCUT2D eigenvalue weighted by atomic mass is 35.5. The molecule has 0 saturated carbocycles. The normalized spacial score (nSPS) is 20.2. The van der Waals surface area contributed by atoms with E-state index in [1.54, 1.807) is 6.34 Å². The van der Waals surface area contributed by atoms with Gasteiger partial charge >= 0.3 is 0 Å². The molecule has 2 aromatic rings. The Hall–Kier alpha value is -1.08. The lowest BCUT2D eigenvalue weighted by Gasteiger charge is -2.26. The predicted molar refractivity (Wildman–Crippen MR) is 137 cm³/mol. The van der Waals surface area contributed by atoms with E-state index in [9.17, 15) is 5.11 Å². The Balaban J connectivity index is 0.00000181.